The molecule has 1 aliphatic rings. The van der Waals surface area contributed by atoms with Gasteiger partial charge < -0.3 is 10.4 Å². The number of aliphatic hydroxyl groups is 1. The van der Waals surface area contributed by atoms with Gasteiger partial charge in [-0.25, -0.2) is 0 Å². The van der Waals surface area contributed by atoms with Gasteiger partial charge in [0.15, 0.2) is 11.9 Å². The number of allylic oxidation sites excluding steroid dienone is 1. The molecule has 6 heteroatoms. The lowest BCUT2D eigenvalue weighted by Crippen LogP contribution is -2.37. The number of hydrogen-bond acceptors (Lipinski definition) is 3. The minimum Gasteiger partial charge on any atom is -0.384 e. The SMILES string of the molecule is O=C1CCCC(NCc2ccccc2)=C1C(O)C(F)(F)F. The van der Waals surface area contributed by atoms with Gasteiger partial charge >= 0.3 is 6.18 Å². The number of aliphatic hydroxyl groups excluding tert-OH is 1. The molecule has 1 aromatic carbocycles. The fourth-order valence-corrected chi connectivity index (χ4v) is 2.33. The minimum absolute atomic E-state index is 0.0407. The fraction of sp³-hybridized carbons (Fsp3) is 0.400. The second kappa shape index (κ2) is 6.30. The van der Waals surface area contributed by atoms with Gasteiger partial charge in [-0.15, -0.1) is 0 Å². The number of rotatable bonds is 4. The molecular formula is C15H16F3NO2. The van der Waals surface area contributed by atoms with E-state index in [-0.39, 0.29) is 12.1 Å². The zero-order valence-corrected chi connectivity index (χ0v) is 11.3. The summed E-state index contributed by atoms with van der Waals surface area (Å²) in [4.78, 5) is 11.7. The van der Waals surface area contributed by atoms with Crippen LogP contribution in [0.4, 0.5) is 13.2 Å². The van der Waals surface area contributed by atoms with Gasteiger partial charge in [0.25, 0.3) is 0 Å². The number of carbonyl (C=O) groups is 1. The van der Waals surface area contributed by atoms with Crippen molar-refractivity contribution in [2.45, 2.75) is 38.1 Å². The maximum Gasteiger partial charge on any atom is 0.418 e. The summed E-state index contributed by atoms with van der Waals surface area (Å²) >= 11 is 0. The van der Waals surface area contributed by atoms with Crippen LogP contribution in [0.15, 0.2) is 41.6 Å². The quantitative estimate of drug-likeness (QED) is 0.898. The van der Waals surface area contributed by atoms with Gasteiger partial charge in [-0.2, -0.15) is 13.2 Å². The summed E-state index contributed by atoms with van der Waals surface area (Å²) in [7, 11) is 0. The molecule has 3 nitrogen and oxygen atoms in total. The highest BCUT2D eigenvalue weighted by molar-refractivity contribution is 5.97. The van der Waals surface area contributed by atoms with Gasteiger partial charge in [-0.1, -0.05) is 30.3 Å². The summed E-state index contributed by atoms with van der Waals surface area (Å²) in [6.07, 6.45) is -6.69. The number of halogens is 3. The van der Waals surface area contributed by atoms with Crippen LogP contribution in [0.5, 0.6) is 0 Å². The molecule has 1 unspecified atom stereocenters. The molecule has 0 bridgehead atoms. The molecule has 2 rings (SSSR count). The molecule has 0 aliphatic heterocycles. The Morgan fingerprint density at radius 1 is 1.19 bits per heavy atom. The third-order valence-electron chi connectivity index (χ3n) is 3.39. The first-order valence-electron chi connectivity index (χ1n) is 6.68. The number of alkyl halides is 3. The Hall–Kier alpha value is -1.82. The Balaban J connectivity index is 2.21. The Morgan fingerprint density at radius 2 is 1.86 bits per heavy atom. The molecule has 0 radical (unpaired) electrons. The van der Waals surface area contributed by atoms with E-state index in [0.717, 1.165) is 5.56 Å². The molecule has 0 amide bonds. The van der Waals surface area contributed by atoms with E-state index in [4.69, 9.17) is 0 Å². The topological polar surface area (TPSA) is 49.3 Å². The molecule has 1 aromatic rings. The monoisotopic (exact) mass is 299 g/mol. The van der Waals surface area contributed by atoms with Crippen molar-refractivity contribution in [2.75, 3.05) is 0 Å². The van der Waals surface area contributed by atoms with Gasteiger partial charge in [-0.05, 0) is 18.4 Å². The number of carbonyl (C=O) groups excluding carboxylic acids is 1. The third-order valence-corrected chi connectivity index (χ3v) is 3.39. The van der Waals surface area contributed by atoms with Crippen LogP contribution in [-0.4, -0.2) is 23.2 Å². The van der Waals surface area contributed by atoms with Crippen LogP contribution >= 0.6 is 0 Å². The van der Waals surface area contributed by atoms with Crippen molar-refractivity contribution in [2.24, 2.45) is 0 Å². The predicted molar refractivity (Wildman–Crippen MR) is 71.2 cm³/mol. The first-order chi connectivity index (χ1) is 9.89. The molecule has 1 aliphatic carbocycles. The zero-order chi connectivity index (χ0) is 15.5. The number of ketones is 1. The molecule has 0 heterocycles. The Kier molecular flexibility index (Phi) is 4.67. The average molecular weight is 299 g/mol. The van der Waals surface area contributed by atoms with Crippen molar-refractivity contribution in [3.8, 4) is 0 Å². The van der Waals surface area contributed by atoms with E-state index in [9.17, 15) is 23.1 Å². The minimum atomic E-state index is -4.83. The molecule has 0 fully saturated rings. The summed E-state index contributed by atoms with van der Waals surface area (Å²) in [6.45, 7) is 0.317. The summed E-state index contributed by atoms with van der Waals surface area (Å²) in [5.41, 5.74) is 0.550. The van der Waals surface area contributed by atoms with E-state index >= 15 is 0 Å². The van der Waals surface area contributed by atoms with E-state index in [1.54, 1.807) is 0 Å². The first kappa shape index (κ1) is 15.6. The van der Waals surface area contributed by atoms with Crippen LogP contribution in [0.25, 0.3) is 0 Å². The van der Waals surface area contributed by atoms with Crippen LogP contribution < -0.4 is 5.32 Å². The lowest BCUT2D eigenvalue weighted by Gasteiger charge is -2.25. The lowest BCUT2D eigenvalue weighted by atomic mass is 9.90. The largest absolute Gasteiger partial charge is 0.418 e. The second-order valence-corrected chi connectivity index (χ2v) is 4.95. The molecule has 21 heavy (non-hydrogen) atoms. The van der Waals surface area contributed by atoms with Crippen molar-refractivity contribution in [3.05, 3.63) is 47.2 Å². The summed E-state index contributed by atoms with van der Waals surface area (Å²) in [5, 5.41) is 12.3. The van der Waals surface area contributed by atoms with Crippen molar-refractivity contribution in [3.63, 3.8) is 0 Å². The molecule has 0 aromatic heterocycles. The van der Waals surface area contributed by atoms with Gasteiger partial charge in [0.2, 0.25) is 0 Å². The molecule has 114 valence electrons. The Morgan fingerprint density at radius 3 is 2.48 bits per heavy atom. The van der Waals surface area contributed by atoms with E-state index < -0.39 is 23.6 Å². The van der Waals surface area contributed by atoms with Gasteiger partial charge in [0.1, 0.15) is 0 Å². The van der Waals surface area contributed by atoms with Crippen LogP contribution in [0.1, 0.15) is 24.8 Å². The fourth-order valence-electron chi connectivity index (χ4n) is 2.33. The van der Waals surface area contributed by atoms with E-state index in [1.165, 1.54) is 0 Å². The maximum absolute atomic E-state index is 12.7. The Bertz CT molecular complexity index is 538. The molecule has 1 atom stereocenters. The first-order valence-corrected chi connectivity index (χ1v) is 6.68. The lowest BCUT2D eigenvalue weighted by molar-refractivity contribution is -0.193. The summed E-state index contributed by atoms with van der Waals surface area (Å²) in [5.74, 6) is -0.637. The van der Waals surface area contributed by atoms with Crippen molar-refractivity contribution in [1.82, 2.24) is 5.32 Å². The molecule has 2 N–H and O–H groups in total. The van der Waals surface area contributed by atoms with E-state index in [1.807, 2.05) is 30.3 Å². The number of nitrogens with one attached hydrogen (secondary N) is 1. The predicted octanol–water partition coefficient (Wildman–Crippen LogP) is 2.71. The highest BCUT2D eigenvalue weighted by Crippen LogP contribution is 2.31. The average Bonchev–Trinajstić information content (AvgIpc) is 2.44. The normalized spacial score (nSPS) is 17.8. The summed E-state index contributed by atoms with van der Waals surface area (Å²) in [6, 6.07) is 9.15. The number of benzene rings is 1. The highest BCUT2D eigenvalue weighted by Gasteiger charge is 2.44. The van der Waals surface area contributed by atoms with Crippen LogP contribution in [0, 0.1) is 0 Å². The van der Waals surface area contributed by atoms with Crippen LogP contribution in [0.3, 0.4) is 0 Å². The Labute approximate surface area is 120 Å². The standard InChI is InChI=1S/C15H16F3NO2/c16-15(17,18)14(21)13-11(7-4-8-12(13)20)19-9-10-5-2-1-3-6-10/h1-3,5-6,14,19,21H,4,7-9H2. The van der Waals surface area contributed by atoms with Crippen molar-refractivity contribution >= 4 is 5.78 Å². The van der Waals surface area contributed by atoms with Crippen LogP contribution in [-0.2, 0) is 11.3 Å². The van der Waals surface area contributed by atoms with Gasteiger partial charge in [0, 0.05) is 18.7 Å². The van der Waals surface area contributed by atoms with E-state index in [0.29, 0.717) is 19.4 Å². The summed E-state index contributed by atoms with van der Waals surface area (Å²) < 4.78 is 38.0. The number of Topliss-reactive ketones (excluding diaryl/α,β-unsaturated/α-hetero) is 1. The molecular weight excluding hydrogens is 283 g/mol. The van der Waals surface area contributed by atoms with Crippen LogP contribution in [0.2, 0.25) is 0 Å². The molecule has 0 saturated heterocycles. The van der Waals surface area contributed by atoms with E-state index in [2.05, 4.69) is 5.32 Å². The second-order valence-electron chi connectivity index (χ2n) is 4.95. The van der Waals surface area contributed by atoms with Gasteiger partial charge in [-0.3, -0.25) is 4.79 Å². The zero-order valence-electron chi connectivity index (χ0n) is 11.3. The maximum atomic E-state index is 12.7. The molecule has 0 spiro atoms. The third kappa shape index (κ3) is 3.85. The van der Waals surface area contributed by atoms with Crippen molar-refractivity contribution in [1.29, 1.82) is 0 Å². The smallest absolute Gasteiger partial charge is 0.384 e. The highest BCUT2D eigenvalue weighted by atomic mass is 19.4. The number of hydrogen-bond donors (Lipinski definition) is 2. The van der Waals surface area contributed by atoms with Gasteiger partial charge in [0.05, 0.1) is 5.57 Å². The van der Waals surface area contributed by atoms with Crippen molar-refractivity contribution < 1.29 is 23.1 Å². The molecule has 0 saturated carbocycles.